The summed E-state index contributed by atoms with van der Waals surface area (Å²) in [6.45, 7) is 4.77. The molecular weight excluding hydrogens is 302 g/mol. The Morgan fingerprint density at radius 2 is 1.92 bits per heavy atom. The Balaban J connectivity index is 1.75. The molecule has 0 aliphatic carbocycles. The van der Waals surface area contributed by atoms with Crippen molar-refractivity contribution in [3.8, 4) is 11.5 Å². The van der Waals surface area contributed by atoms with Crippen LogP contribution in [0.1, 0.15) is 23.1 Å². The molecule has 0 bridgehead atoms. The molecule has 4 heteroatoms. The summed E-state index contributed by atoms with van der Waals surface area (Å²) in [5, 5.41) is 0. The molecule has 0 unspecified atom stereocenters. The maximum atomic E-state index is 12.7. The predicted octanol–water partition coefficient (Wildman–Crippen LogP) is 3.67. The first-order chi connectivity index (χ1) is 11.6. The highest BCUT2D eigenvalue weighted by atomic mass is 16.5. The van der Waals surface area contributed by atoms with E-state index in [-0.39, 0.29) is 12.5 Å². The molecule has 2 aromatic carbocycles. The minimum Gasteiger partial charge on any atom is -0.497 e. The van der Waals surface area contributed by atoms with Crippen molar-refractivity contribution >= 4 is 11.6 Å². The van der Waals surface area contributed by atoms with Gasteiger partial charge in [-0.1, -0.05) is 18.2 Å². The first-order valence-electron chi connectivity index (χ1n) is 8.26. The average Bonchev–Trinajstić information content (AvgIpc) is 2.60. The van der Waals surface area contributed by atoms with Crippen LogP contribution in [0, 0.1) is 13.8 Å². The summed E-state index contributed by atoms with van der Waals surface area (Å²) in [6.07, 6.45) is 1.92. The Kier molecular flexibility index (Phi) is 4.74. The van der Waals surface area contributed by atoms with Crippen molar-refractivity contribution < 1.29 is 14.3 Å². The molecule has 1 amide bonds. The van der Waals surface area contributed by atoms with Crippen molar-refractivity contribution in [2.24, 2.45) is 0 Å². The van der Waals surface area contributed by atoms with Crippen LogP contribution in [0.25, 0.3) is 0 Å². The SMILES string of the molecule is COc1ccc2c(c1)CCCN2C(=O)COc1c(C)cccc1C. The highest BCUT2D eigenvalue weighted by molar-refractivity contribution is 5.95. The number of fused-ring (bicyclic) bond motifs is 1. The number of hydrogen-bond donors (Lipinski definition) is 0. The van der Waals surface area contributed by atoms with Gasteiger partial charge in [-0.15, -0.1) is 0 Å². The normalized spacial score (nSPS) is 13.4. The Bertz CT molecular complexity index is 734. The number of benzene rings is 2. The second-order valence-corrected chi connectivity index (χ2v) is 6.15. The summed E-state index contributed by atoms with van der Waals surface area (Å²) in [4.78, 5) is 14.5. The van der Waals surface area contributed by atoms with Crippen molar-refractivity contribution in [2.45, 2.75) is 26.7 Å². The van der Waals surface area contributed by atoms with Crippen LogP contribution in [0.4, 0.5) is 5.69 Å². The Morgan fingerprint density at radius 3 is 2.62 bits per heavy atom. The van der Waals surface area contributed by atoms with Gasteiger partial charge in [-0.3, -0.25) is 4.79 Å². The van der Waals surface area contributed by atoms with E-state index in [2.05, 4.69) is 0 Å². The third-order valence-corrected chi connectivity index (χ3v) is 4.46. The fourth-order valence-electron chi connectivity index (χ4n) is 3.20. The van der Waals surface area contributed by atoms with Crippen molar-refractivity contribution in [1.82, 2.24) is 0 Å². The van der Waals surface area contributed by atoms with E-state index in [1.165, 1.54) is 0 Å². The van der Waals surface area contributed by atoms with Gasteiger partial charge in [0.1, 0.15) is 11.5 Å². The van der Waals surface area contributed by atoms with Gasteiger partial charge in [0.2, 0.25) is 0 Å². The summed E-state index contributed by atoms with van der Waals surface area (Å²) in [5.41, 5.74) is 4.22. The summed E-state index contributed by atoms with van der Waals surface area (Å²) in [7, 11) is 1.66. The molecule has 4 nitrogen and oxygen atoms in total. The molecule has 1 heterocycles. The van der Waals surface area contributed by atoms with Gasteiger partial charge in [0.05, 0.1) is 7.11 Å². The third kappa shape index (κ3) is 3.23. The molecule has 0 spiro atoms. The molecule has 0 aromatic heterocycles. The smallest absolute Gasteiger partial charge is 0.264 e. The number of amides is 1. The van der Waals surface area contributed by atoms with E-state index < -0.39 is 0 Å². The summed E-state index contributed by atoms with van der Waals surface area (Å²) in [6, 6.07) is 11.9. The van der Waals surface area contributed by atoms with Gasteiger partial charge in [0.15, 0.2) is 6.61 Å². The van der Waals surface area contributed by atoms with Gasteiger partial charge >= 0.3 is 0 Å². The predicted molar refractivity (Wildman–Crippen MR) is 95.1 cm³/mol. The first kappa shape index (κ1) is 16.4. The number of anilines is 1. The van der Waals surface area contributed by atoms with E-state index in [0.29, 0.717) is 0 Å². The highest BCUT2D eigenvalue weighted by Gasteiger charge is 2.23. The molecule has 0 saturated heterocycles. The van der Waals surface area contributed by atoms with Crippen LogP contribution in [0.2, 0.25) is 0 Å². The topological polar surface area (TPSA) is 38.8 Å². The maximum absolute atomic E-state index is 12.7. The van der Waals surface area contributed by atoms with Crippen LogP contribution < -0.4 is 14.4 Å². The maximum Gasteiger partial charge on any atom is 0.264 e. The standard InChI is InChI=1S/C20H23NO3/c1-14-6-4-7-15(2)20(14)24-13-19(22)21-11-5-8-16-12-17(23-3)9-10-18(16)21/h4,6-7,9-10,12H,5,8,11,13H2,1-3H3. The Morgan fingerprint density at radius 1 is 1.17 bits per heavy atom. The number of methoxy groups -OCH3 is 1. The summed E-state index contributed by atoms with van der Waals surface area (Å²) in [5.74, 6) is 1.62. The summed E-state index contributed by atoms with van der Waals surface area (Å²) >= 11 is 0. The van der Waals surface area contributed by atoms with Crippen LogP contribution >= 0.6 is 0 Å². The molecule has 1 aliphatic rings. The van der Waals surface area contributed by atoms with Gasteiger partial charge in [-0.05, 0) is 61.6 Å². The highest BCUT2D eigenvalue weighted by Crippen LogP contribution is 2.31. The van der Waals surface area contributed by atoms with Crippen LogP contribution in [0.5, 0.6) is 11.5 Å². The van der Waals surface area contributed by atoms with E-state index in [1.54, 1.807) is 7.11 Å². The van der Waals surface area contributed by atoms with Crippen molar-refractivity contribution in [1.29, 1.82) is 0 Å². The van der Waals surface area contributed by atoms with Gasteiger partial charge in [-0.25, -0.2) is 0 Å². The largest absolute Gasteiger partial charge is 0.497 e. The van der Waals surface area contributed by atoms with Gasteiger partial charge in [0, 0.05) is 12.2 Å². The zero-order valence-electron chi connectivity index (χ0n) is 14.5. The van der Waals surface area contributed by atoms with Crippen LogP contribution in [-0.2, 0) is 11.2 Å². The molecule has 0 fully saturated rings. The fourth-order valence-corrected chi connectivity index (χ4v) is 3.20. The number of ether oxygens (including phenoxy) is 2. The van der Waals surface area contributed by atoms with Crippen LogP contribution in [-0.4, -0.2) is 26.2 Å². The minimum atomic E-state index is -0.0104. The zero-order valence-corrected chi connectivity index (χ0v) is 14.5. The third-order valence-electron chi connectivity index (χ3n) is 4.46. The second kappa shape index (κ2) is 6.95. The molecule has 0 radical (unpaired) electrons. The van der Waals surface area contributed by atoms with Crippen LogP contribution in [0.3, 0.4) is 0 Å². The van der Waals surface area contributed by atoms with Gasteiger partial charge in [-0.2, -0.15) is 0 Å². The number of hydrogen-bond acceptors (Lipinski definition) is 3. The average molecular weight is 325 g/mol. The lowest BCUT2D eigenvalue weighted by atomic mass is 10.0. The van der Waals surface area contributed by atoms with Gasteiger partial charge in [0.25, 0.3) is 5.91 Å². The molecule has 3 rings (SSSR count). The number of para-hydroxylation sites is 1. The van der Waals surface area contributed by atoms with Gasteiger partial charge < -0.3 is 14.4 Å². The Labute approximate surface area is 143 Å². The quantitative estimate of drug-likeness (QED) is 0.861. The summed E-state index contributed by atoms with van der Waals surface area (Å²) < 4.78 is 11.1. The lowest BCUT2D eigenvalue weighted by molar-refractivity contribution is -0.120. The fraction of sp³-hybridized carbons (Fsp3) is 0.350. The molecule has 0 atom stereocenters. The van der Waals surface area contributed by atoms with Crippen LogP contribution in [0.15, 0.2) is 36.4 Å². The molecule has 126 valence electrons. The molecule has 0 saturated carbocycles. The second-order valence-electron chi connectivity index (χ2n) is 6.15. The Hall–Kier alpha value is -2.49. The molecule has 2 aromatic rings. The number of carbonyl (C=O) groups is 1. The zero-order chi connectivity index (χ0) is 17.1. The number of aryl methyl sites for hydroxylation is 3. The van der Waals surface area contributed by atoms with Crippen molar-refractivity contribution in [3.05, 3.63) is 53.1 Å². The lowest BCUT2D eigenvalue weighted by Gasteiger charge is -2.30. The van der Waals surface area contributed by atoms with E-state index in [1.807, 2.05) is 55.1 Å². The van der Waals surface area contributed by atoms with E-state index in [4.69, 9.17) is 9.47 Å². The minimum absolute atomic E-state index is 0.0104. The van der Waals surface area contributed by atoms with E-state index >= 15 is 0 Å². The van der Waals surface area contributed by atoms with E-state index in [9.17, 15) is 4.79 Å². The first-order valence-corrected chi connectivity index (χ1v) is 8.26. The number of nitrogens with zero attached hydrogens (tertiary/aromatic N) is 1. The number of rotatable bonds is 4. The molecule has 0 N–H and O–H groups in total. The van der Waals surface area contributed by atoms with Crippen molar-refractivity contribution in [3.63, 3.8) is 0 Å². The lowest BCUT2D eigenvalue weighted by Crippen LogP contribution is -2.38. The van der Waals surface area contributed by atoms with E-state index in [0.717, 1.165) is 53.3 Å². The molecule has 24 heavy (non-hydrogen) atoms. The monoisotopic (exact) mass is 325 g/mol. The number of carbonyl (C=O) groups excluding carboxylic acids is 1. The molecule has 1 aliphatic heterocycles. The molecular formula is C20H23NO3. The van der Waals surface area contributed by atoms with Crippen molar-refractivity contribution in [2.75, 3.05) is 25.2 Å².